The summed E-state index contributed by atoms with van der Waals surface area (Å²) in [4.78, 5) is 16.3. The molecule has 1 amide bonds. The van der Waals surface area contributed by atoms with Crippen LogP contribution in [-0.4, -0.2) is 40.2 Å². The Balaban J connectivity index is 1.96. The molecule has 5 heteroatoms. The van der Waals surface area contributed by atoms with Gasteiger partial charge in [-0.15, -0.1) is 0 Å². The molecule has 1 aromatic carbocycles. The molecule has 0 spiro atoms. The molecule has 0 bridgehead atoms. The highest BCUT2D eigenvalue weighted by atomic mass is 32.2. The summed E-state index contributed by atoms with van der Waals surface area (Å²) < 4.78 is 0. The van der Waals surface area contributed by atoms with Crippen molar-refractivity contribution in [3.8, 4) is 0 Å². The van der Waals surface area contributed by atoms with Gasteiger partial charge in [0.15, 0.2) is 0 Å². The van der Waals surface area contributed by atoms with Crippen LogP contribution in [0.5, 0.6) is 0 Å². The van der Waals surface area contributed by atoms with Crippen LogP contribution in [0.4, 0.5) is 0 Å². The third-order valence-corrected chi connectivity index (χ3v) is 4.03. The number of aromatic nitrogens is 1. The molecular weight excluding hydrogens is 296 g/mol. The molecule has 0 saturated carbocycles. The van der Waals surface area contributed by atoms with Crippen LogP contribution in [-0.2, 0) is 4.79 Å². The number of pyridine rings is 1. The highest BCUT2D eigenvalue weighted by Gasteiger charge is 2.19. The molecule has 4 nitrogen and oxygen atoms in total. The van der Waals surface area contributed by atoms with Gasteiger partial charge >= 0.3 is 0 Å². The predicted molar refractivity (Wildman–Crippen MR) is 92.8 cm³/mol. The Morgan fingerprint density at radius 3 is 2.91 bits per heavy atom. The van der Waals surface area contributed by atoms with Crippen LogP contribution in [0.2, 0.25) is 0 Å². The second kappa shape index (κ2) is 7.42. The molecule has 2 N–H and O–H groups in total. The molecule has 1 atom stereocenters. The maximum Gasteiger partial charge on any atom is 0.244 e. The van der Waals surface area contributed by atoms with Gasteiger partial charge in [0.05, 0.1) is 16.8 Å². The number of para-hydroxylation sites is 1. The van der Waals surface area contributed by atoms with Crippen LogP contribution in [0, 0.1) is 0 Å². The summed E-state index contributed by atoms with van der Waals surface area (Å²) in [6.07, 6.45) is 5.03. The van der Waals surface area contributed by atoms with Gasteiger partial charge < -0.3 is 10.4 Å². The Morgan fingerprint density at radius 2 is 2.14 bits per heavy atom. The van der Waals surface area contributed by atoms with Crippen LogP contribution in [0.15, 0.2) is 42.5 Å². The number of fused-ring (bicyclic) bond motifs is 1. The number of aliphatic hydroxyl groups is 1. The zero-order valence-electron chi connectivity index (χ0n) is 12.7. The van der Waals surface area contributed by atoms with Crippen molar-refractivity contribution in [2.24, 2.45) is 0 Å². The highest BCUT2D eigenvalue weighted by molar-refractivity contribution is 7.98. The van der Waals surface area contributed by atoms with Crippen LogP contribution >= 0.6 is 11.8 Å². The maximum atomic E-state index is 11.8. The normalized spacial score (nSPS) is 14.1. The van der Waals surface area contributed by atoms with Gasteiger partial charge in [-0.1, -0.05) is 24.3 Å². The second-order valence-electron chi connectivity index (χ2n) is 5.41. The van der Waals surface area contributed by atoms with Gasteiger partial charge in [0.25, 0.3) is 0 Å². The quantitative estimate of drug-likeness (QED) is 0.804. The number of carbonyl (C=O) groups excluding carboxylic acids is 1. The summed E-state index contributed by atoms with van der Waals surface area (Å²) in [6, 6.07) is 11.7. The Labute approximate surface area is 134 Å². The van der Waals surface area contributed by atoms with Crippen LogP contribution < -0.4 is 5.32 Å². The molecule has 0 aliphatic rings. The van der Waals surface area contributed by atoms with E-state index < -0.39 is 5.60 Å². The first-order valence-electron chi connectivity index (χ1n) is 7.03. The van der Waals surface area contributed by atoms with E-state index in [1.165, 1.54) is 6.08 Å². The topological polar surface area (TPSA) is 62.2 Å². The van der Waals surface area contributed by atoms with E-state index in [4.69, 9.17) is 0 Å². The van der Waals surface area contributed by atoms with E-state index in [2.05, 4.69) is 10.3 Å². The molecule has 0 fully saturated rings. The Bertz CT molecular complexity index is 683. The Morgan fingerprint density at radius 1 is 1.36 bits per heavy atom. The average molecular weight is 316 g/mol. The zero-order chi connectivity index (χ0) is 16.0. The average Bonchev–Trinajstić information content (AvgIpc) is 2.51. The lowest BCUT2D eigenvalue weighted by Crippen LogP contribution is -2.41. The molecule has 2 aromatic rings. The van der Waals surface area contributed by atoms with Crippen molar-refractivity contribution in [1.29, 1.82) is 0 Å². The molecule has 116 valence electrons. The van der Waals surface area contributed by atoms with E-state index in [1.807, 2.05) is 42.7 Å². The van der Waals surface area contributed by atoms with Crippen molar-refractivity contribution in [1.82, 2.24) is 10.3 Å². The summed E-state index contributed by atoms with van der Waals surface area (Å²) in [5, 5.41) is 13.8. The number of nitrogens with zero attached hydrogens (tertiary/aromatic N) is 1. The molecular formula is C17H20N2O2S. The molecule has 2 rings (SSSR count). The van der Waals surface area contributed by atoms with E-state index in [0.717, 1.165) is 16.6 Å². The first-order chi connectivity index (χ1) is 10.5. The van der Waals surface area contributed by atoms with Crippen LogP contribution in [0.3, 0.4) is 0 Å². The van der Waals surface area contributed by atoms with Gasteiger partial charge in [0, 0.05) is 23.8 Å². The standard InChI is InChI=1S/C17H20N2O2S/c1-17(21,12-22-2)11-18-16(20)10-9-14-8-7-13-5-3-4-6-15(13)19-14/h3-10,21H,11-12H2,1-2H3,(H,18,20). The monoisotopic (exact) mass is 316 g/mol. The molecule has 1 aromatic heterocycles. The second-order valence-corrected chi connectivity index (χ2v) is 6.28. The zero-order valence-corrected chi connectivity index (χ0v) is 13.6. The highest BCUT2D eigenvalue weighted by Crippen LogP contribution is 2.12. The third kappa shape index (κ3) is 4.86. The smallest absolute Gasteiger partial charge is 0.244 e. The van der Waals surface area contributed by atoms with Gasteiger partial charge in [-0.2, -0.15) is 11.8 Å². The lowest BCUT2D eigenvalue weighted by Gasteiger charge is -2.21. The fourth-order valence-electron chi connectivity index (χ4n) is 2.03. The predicted octanol–water partition coefficient (Wildman–Crippen LogP) is 2.48. The van der Waals surface area contributed by atoms with E-state index in [9.17, 15) is 9.90 Å². The Hall–Kier alpha value is -1.85. The fraction of sp³-hybridized carbons (Fsp3) is 0.294. The first kappa shape index (κ1) is 16.5. The van der Waals surface area contributed by atoms with Crippen molar-refractivity contribution in [3.63, 3.8) is 0 Å². The van der Waals surface area contributed by atoms with Crippen molar-refractivity contribution in [3.05, 3.63) is 48.2 Å². The summed E-state index contributed by atoms with van der Waals surface area (Å²) in [6.45, 7) is 1.93. The SMILES string of the molecule is CSCC(C)(O)CNC(=O)C=Cc1ccc2ccccc2n1. The number of thioether (sulfide) groups is 1. The van der Waals surface area contributed by atoms with Crippen molar-refractivity contribution in [2.75, 3.05) is 18.6 Å². The molecule has 0 radical (unpaired) electrons. The van der Waals surface area contributed by atoms with E-state index in [1.54, 1.807) is 24.8 Å². The molecule has 1 heterocycles. The van der Waals surface area contributed by atoms with Crippen LogP contribution in [0.25, 0.3) is 17.0 Å². The number of rotatable bonds is 6. The minimum Gasteiger partial charge on any atom is -0.387 e. The summed E-state index contributed by atoms with van der Waals surface area (Å²) in [7, 11) is 0. The summed E-state index contributed by atoms with van der Waals surface area (Å²) in [5.41, 5.74) is 0.724. The molecule has 0 aliphatic heterocycles. The minimum atomic E-state index is -0.899. The van der Waals surface area contributed by atoms with Crippen molar-refractivity contribution in [2.45, 2.75) is 12.5 Å². The van der Waals surface area contributed by atoms with Gasteiger partial charge in [-0.3, -0.25) is 4.79 Å². The van der Waals surface area contributed by atoms with Crippen molar-refractivity contribution >= 4 is 34.6 Å². The first-order valence-corrected chi connectivity index (χ1v) is 8.43. The van der Waals surface area contributed by atoms with Gasteiger partial charge in [0.2, 0.25) is 5.91 Å². The van der Waals surface area contributed by atoms with Gasteiger partial charge in [-0.25, -0.2) is 4.98 Å². The number of amides is 1. The number of hydrogen-bond acceptors (Lipinski definition) is 4. The molecule has 22 heavy (non-hydrogen) atoms. The van der Waals surface area contributed by atoms with Gasteiger partial charge in [-0.05, 0) is 31.4 Å². The van der Waals surface area contributed by atoms with E-state index >= 15 is 0 Å². The Kier molecular flexibility index (Phi) is 5.57. The molecule has 1 unspecified atom stereocenters. The number of hydrogen-bond donors (Lipinski definition) is 2. The number of benzene rings is 1. The summed E-state index contributed by atoms with van der Waals surface area (Å²) >= 11 is 1.54. The van der Waals surface area contributed by atoms with E-state index in [-0.39, 0.29) is 12.5 Å². The largest absolute Gasteiger partial charge is 0.387 e. The lowest BCUT2D eigenvalue weighted by molar-refractivity contribution is -0.117. The van der Waals surface area contributed by atoms with Crippen LogP contribution in [0.1, 0.15) is 12.6 Å². The number of nitrogens with one attached hydrogen (secondary N) is 1. The lowest BCUT2D eigenvalue weighted by atomic mass is 10.1. The summed E-state index contributed by atoms with van der Waals surface area (Å²) in [5.74, 6) is 0.333. The molecule has 0 saturated heterocycles. The number of carbonyl (C=O) groups is 1. The fourth-order valence-corrected chi connectivity index (χ4v) is 2.76. The maximum absolute atomic E-state index is 11.8. The molecule has 0 aliphatic carbocycles. The minimum absolute atomic E-state index is 0.224. The third-order valence-electron chi connectivity index (χ3n) is 3.12. The van der Waals surface area contributed by atoms with Gasteiger partial charge in [0.1, 0.15) is 0 Å². The van der Waals surface area contributed by atoms with E-state index in [0.29, 0.717) is 5.75 Å². The van der Waals surface area contributed by atoms with Crippen molar-refractivity contribution < 1.29 is 9.90 Å².